The van der Waals surface area contributed by atoms with Crippen molar-refractivity contribution in [2.24, 2.45) is 5.92 Å². The molecule has 0 aromatic carbocycles. The Hall–Kier alpha value is -0.960. The van der Waals surface area contributed by atoms with Crippen molar-refractivity contribution in [2.75, 3.05) is 13.1 Å². The fourth-order valence-corrected chi connectivity index (χ4v) is 2.75. The monoisotopic (exact) mass is 269 g/mol. The third-order valence-electron chi connectivity index (χ3n) is 3.86. The molecule has 1 aliphatic heterocycles. The number of halogens is 1. The molecule has 0 spiro atoms. The minimum Gasteiger partial charge on any atom is -0.466 e. The number of hydrogen-bond acceptors (Lipinski definition) is 2. The number of rotatable bonds is 1. The average Bonchev–Trinajstić information content (AvgIpc) is 2.56. The average molecular weight is 270 g/mol. The zero-order chi connectivity index (χ0) is 13.4. The van der Waals surface area contributed by atoms with Gasteiger partial charge in [-0.25, -0.2) is 0 Å². The van der Waals surface area contributed by atoms with Crippen LogP contribution < -0.4 is 0 Å². The second kappa shape index (κ2) is 4.96. The summed E-state index contributed by atoms with van der Waals surface area (Å²) in [7, 11) is 0. The summed E-state index contributed by atoms with van der Waals surface area (Å²) in [5.74, 6) is 1.97. The van der Waals surface area contributed by atoms with Crippen LogP contribution in [0.1, 0.15) is 40.8 Å². The van der Waals surface area contributed by atoms with Crippen LogP contribution in [0.15, 0.2) is 4.42 Å². The number of carbonyl (C=O) groups excluding carboxylic acids is 1. The summed E-state index contributed by atoms with van der Waals surface area (Å²) in [6, 6.07) is 0. The van der Waals surface area contributed by atoms with Crippen molar-refractivity contribution in [3.05, 3.63) is 22.6 Å². The first-order valence-corrected chi connectivity index (χ1v) is 6.85. The number of carbonyl (C=O) groups is 1. The van der Waals surface area contributed by atoms with E-state index in [-0.39, 0.29) is 11.3 Å². The highest BCUT2D eigenvalue weighted by atomic mass is 35.5. The molecule has 0 saturated carbocycles. The Kier molecular flexibility index (Phi) is 3.71. The third-order valence-corrected chi connectivity index (χ3v) is 4.51. The second-order valence-electron chi connectivity index (χ2n) is 5.25. The van der Waals surface area contributed by atoms with Crippen molar-refractivity contribution in [1.82, 2.24) is 4.90 Å². The van der Waals surface area contributed by atoms with E-state index in [1.807, 2.05) is 25.7 Å². The molecular formula is C14H20ClNO2. The number of hydrogen-bond donors (Lipinski definition) is 0. The molecule has 0 radical (unpaired) electrons. The molecule has 1 saturated heterocycles. The smallest absolute Gasteiger partial charge is 0.257 e. The van der Waals surface area contributed by atoms with Crippen LogP contribution in [-0.4, -0.2) is 29.3 Å². The van der Waals surface area contributed by atoms with Gasteiger partial charge in [-0.05, 0) is 33.1 Å². The van der Waals surface area contributed by atoms with Gasteiger partial charge in [-0.1, -0.05) is 6.92 Å². The van der Waals surface area contributed by atoms with Crippen LogP contribution in [0.5, 0.6) is 0 Å². The second-order valence-corrected chi connectivity index (χ2v) is 5.81. The number of amides is 1. The molecule has 0 N–H and O–H groups in total. The molecule has 2 atom stereocenters. The quantitative estimate of drug-likeness (QED) is 0.733. The predicted molar refractivity (Wildman–Crippen MR) is 72.2 cm³/mol. The minimum absolute atomic E-state index is 0.0808. The molecule has 18 heavy (non-hydrogen) atoms. The van der Waals surface area contributed by atoms with E-state index in [4.69, 9.17) is 16.0 Å². The van der Waals surface area contributed by atoms with E-state index >= 15 is 0 Å². The molecule has 2 heterocycles. The first-order valence-electron chi connectivity index (χ1n) is 6.41. The number of likely N-dealkylation sites (tertiary alicyclic amines) is 1. The fraction of sp³-hybridized carbons (Fsp3) is 0.643. The van der Waals surface area contributed by atoms with Gasteiger partial charge in [0.2, 0.25) is 0 Å². The van der Waals surface area contributed by atoms with Crippen molar-refractivity contribution < 1.29 is 9.21 Å². The summed E-state index contributed by atoms with van der Waals surface area (Å²) in [5, 5.41) is 0.183. The number of aryl methyl sites for hydroxylation is 2. The zero-order valence-electron chi connectivity index (χ0n) is 11.4. The molecule has 4 heteroatoms. The Bertz CT molecular complexity index is 467. The first kappa shape index (κ1) is 13.5. The van der Waals surface area contributed by atoms with Crippen LogP contribution in [0, 0.1) is 26.7 Å². The molecule has 2 unspecified atom stereocenters. The largest absolute Gasteiger partial charge is 0.466 e. The molecule has 100 valence electrons. The number of piperidine rings is 1. The van der Waals surface area contributed by atoms with Crippen molar-refractivity contribution in [1.29, 1.82) is 0 Å². The topological polar surface area (TPSA) is 33.5 Å². The Morgan fingerprint density at radius 1 is 1.33 bits per heavy atom. The fourth-order valence-electron chi connectivity index (χ4n) is 2.57. The maximum atomic E-state index is 12.5. The molecule has 1 fully saturated rings. The van der Waals surface area contributed by atoms with Gasteiger partial charge in [0, 0.05) is 24.0 Å². The van der Waals surface area contributed by atoms with Gasteiger partial charge in [-0.3, -0.25) is 4.79 Å². The van der Waals surface area contributed by atoms with Crippen molar-refractivity contribution >= 4 is 17.5 Å². The van der Waals surface area contributed by atoms with Gasteiger partial charge >= 0.3 is 0 Å². The lowest BCUT2D eigenvalue weighted by Gasteiger charge is -2.34. The minimum atomic E-state index is 0.0808. The molecule has 0 bridgehead atoms. The van der Waals surface area contributed by atoms with E-state index in [1.165, 1.54) is 0 Å². The summed E-state index contributed by atoms with van der Waals surface area (Å²) < 4.78 is 5.53. The number of alkyl halides is 1. The molecule has 3 nitrogen and oxygen atoms in total. The predicted octanol–water partition coefficient (Wildman–Crippen LogP) is 3.29. The van der Waals surface area contributed by atoms with Crippen molar-refractivity contribution in [3.63, 3.8) is 0 Å². The zero-order valence-corrected chi connectivity index (χ0v) is 12.2. The van der Waals surface area contributed by atoms with Gasteiger partial charge in [0.25, 0.3) is 5.91 Å². The van der Waals surface area contributed by atoms with E-state index < -0.39 is 0 Å². The van der Waals surface area contributed by atoms with Crippen molar-refractivity contribution in [2.45, 2.75) is 39.5 Å². The van der Waals surface area contributed by atoms with E-state index in [0.717, 1.165) is 42.2 Å². The molecule has 1 aromatic heterocycles. The Balaban J connectivity index is 2.21. The highest BCUT2D eigenvalue weighted by molar-refractivity contribution is 6.20. The van der Waals surface area contributed by atoms with E-state index in [1.54, 1.807) is 0 Å². The van der Waals surface area contributed by atoms with Crippen LogP contribution in [0.25, 0.3) is 0 Å². The molecular weight excluding hydrogens is 250 g/mol. The normalized spacial score (nSPS) is 24.4. The SMILES string of the molecule is Cc1oc(C)c(C(=O)N2CCC(Cl)C(C)C2)c1C. The van der Waals surface area contributed by atoms with Gasteiger partial charge in [0.15, 0.2) is 0 Å². The Morgan fingerprint density at radius 3 is 2.50 bits per heavy atom. The lowest BCUT2D eigenvalue weighted by molar-refractivity contribution is 0.0684. The first-order chi connectivity index (χ1) is 8.41. The summed E-state index contributed by atoms with van der Waals surface area (Å²) in [4.78, 5) is 14.4. The van der Waals surface area contributed by atoms with E-state index in [2.05, 4.69) is 6.92 Å². The summed E-state index contributed by atoms with van der Waals surface area (Å²) >= 11 is 6.19. The lowest BCUT2D eigenvalue weighted by atomic mass is 9.98. The maximum absolute atomic E-state index is 12.5. The Morgan fingerprint density at radius 2 is 2.00 bits per heavy atom. The van der Waals surface area contributed by atoms with Gasteiger partial charge in [0.1, 0.15) is 11.5 Å². The van der Waals surface area contributed by atoms with E-state index in [9.17, 15) is 4.79 Å². The van der Waals surface area contributed by atoms with E-state index in [0.29, 0.717) is 5.92 Å². The standard InChI is InChI=1S/C14H20ClNO2/c1-8-7-16(6-5-12(8)15)14(17)13-9(2)10(3)18-11(13)4/h8,12H,5-7H2,1-4H3. The summed E-state index contributed by atoms with van der Waals surface area (Å²) in [6.45, 7) is 9.25. The Labute approximate surface area is 113 Å². The molecule has 2 rings (SSSR count). The van der Waals surface area contributed by atoms with Crippen LogP contribution in [0.2, 0.25) is 0 Å². The lowest BCUT2D eigenvalue weighted by Crippen LogP contribution is -2.43. The maximum Gasteiger partial charge on any atom is 0.257 e. The van der Waals surface area contributed by atoms with Gasteiger partial charge < -0.3 is 9.32 Å². The molecule has 0 aliphatic carbocycles. The summed E-state index contributed by atoms with van der Waals surface area (Å²) in [6.07, 6.45) is 0.864. The summed E-state index contributed by atoms with van der Waals surface area (Å²) in [5.41, 5.74) is 1.69. The molecule has 1 aromatic rings. The highest BCUT2D eigenvalue weighted by Gasteiger charge is 2.30. The molecule has 1 aliphatic rings. The van der Waals surface area contributed by atoms with Crippen LogP contribution in [-0.2, 0) is 0 Å². The third kappa shape index (κ3) is 2.28. The number of furan rings is 1. The number of nitrogens with zero attached hydrogens (tertiary/aromatic N) is 1. The van der Waals surface area contributed by atoms with Gasteiger partial charge in [-0.2, -0.15) is 0 Å². The van der Waals surface area contributed by atoms with Crippen LogP contribution >= 0.6 is 11.6 Å². The highest BCUT2D eigenvalue weighted by Crippen LogP contribution is 2.26. The molecule has 1 amide bonds. The van der Waals surface area contributed by atoms with Crippen molar-refractivity contribution in [3.8, 4) is 0 Å². The van der Waals surface area contributed by atoms with Gasteiger partial charge in [0.05, 0.1) is 5.56 Å². The van der Waals surface area contributed by atoms with Gasteiger partial charge in [-0.15, -0.1) is 11.6 Å². The van der Waals surface area contributed by atoms with Crippen LogP contribution in [0.3, 0.4) is 0 Å². The van der Waals surface area contributed by atoms with Crippen LogP contribution in [0.4, 0.5) is 0 Å².